The van der Waals surface area contributed by atoms with Gasteiger partial charge in [-0.25, -0.2) is 13.1 Å². The summed E-state index contributed by atoms with van der Waals surface area (Å²) in [6, 6.07) is -0.219. The molecule has 6 heteroatoms. The number of hydrogen-bond acceptors (Lipinski definition) is 3. The molecule has 108 valence electrons. The minimum Gasteiger partial charge on any atom is -0.299 e. The molecule has 1 saturated heterocycles. The first kappa shape index (κ1) is 14.4. The van der Waals surface area contributed by atoms with Gasteiger partial charge in [0.25, 0.3) is 5.56 Å². The maximum absolute atomic E-state index is 12.3. The van der Waals surface area contributed by atoms with Crippen LogP contribution in [0, 0.1) is 12.8 Å². The van der Waals surface area contributed by atoms with Crippen molar-refractivity contribution in [3.8, 4) is 0 Å². The van der Waals surface area contributed by atoms with E-state index in [2.05, 4.69) is 18.9 Å². The molecule has 1 N–H and O–H groups in total. The average Bonchev–Trinajstić information content (AvgIpc) is 2.77. The fraction of sp³-hybridized carbons (Fsp3) is 0.769. The largest absolute Gasteiger partial charge is 0.299 e. The lowest BCUT2D eigenvalue weighted by Crippen LogP contribution is -2.25. The molecule has 2 rings (SSSR count). The van der Waals surface area contributed by atoms with E-state index in [1.165, 1.54) is 4.68 Å². The Hall–Kier alpha value is -1.04. The van der Waals surface area contributed by atoms with Gasteiger partial charge in [-0.1, -0.05) is 13.8 Å². The third-order valence-electron chi connectivity index (χ3n) is 3.76. The number of aryl methyl sites for hydroxylation is 1. The standard InChI is InChI=1S/C13H22N2O3S/c1-9(2)4-5-12-10(3)14-15(13(12)16)11-6-7-19(17,18)8-11/h9,11,14H,4-8H2,1-3H3/t11-/m0/s1. The van der Waals surface area contributed by atoms with E-state index in [9.17, 15) is 13.2 Å². The second-order valence-electron chi connectivity index (χ2n) is 5.88. The molecule has 0 aromatic carbocycles. The zero-order valence-corrected chi connectivity index (χ0v) is 12.6. The van der Waals surface area contributed by atoms with Crippen molar-refractivity contribution in [1.29, 1.82) is 0 Å². The van der Waals surface area contributed by atoms with Crippen molar-refractivity contribution in [1.82, 2.24) is 9.78 Å². The maximum Gasteiger partial charge on any atom is 0.270 e. The molecule has 1 atom stereocenters. The van der Waals surface area contributed by atoms with Crippen LogP contribution in [0.5, 0.6) is 0 Å². The highest BCUT2D eigenvalue weighted by molar-refractivity contribution is 7.91. The van der Waals surface area contributed by atoms with E-state index in [1.807, 2.05) is 6.92 Å². The van der Waals surface area contributed by atoms with E-state index < -0.39 is 9.84 Å². The van der Waals surface area contributed by atoms with Gasteiger partial charge in [-0.15, -0.1) is 0 Å². The van der Waals surface area contributed by atoms with Gasteiger partial charge in [-0.05, 0) is 32.1 Å². The summed E-state index contributed by atoms with van der Waals surface area (Å²) in [6.07, 6.45) is 2.26. The fourth-order valence-electron chi connectivity index (χ4n) is 2.57. The number of sulfone groups is 1. The van der Waals surface area contributed by atoms with Crippen LogP contribution in [0.15, 0.2) is 4.79 Å². The van der Waals surface area contributed by atoms with Crippen molar-refractivity contribution in [3.05, 3.63) is 21.6 Å². The molecule has 1 fully saturated rings. The molecule has 0 unspecified atom stereocenters. The Morgan fingerprint density at radius 2 is 2.11 bits per heavy atom. The van der Waals surface area contributed by atoms with Crippen molar-refractivity contribution in [3.63, 3.8) is 0 Å². The Bertz CT molecular complexity index is 610. The molecule has 1 aromatic rings. The molecular weight excluding hydrogens is 264 g/mol. The van der Waals surface area contributed by atoms with Gasteiger partial charge >= 0.3 is 0 Å². The maximum atomic E-state index is 12.3. The van der Waals surface area contributed by atoms with Crippen LogP contribution in [0.3, 0.4) is 0 Å². The van der Waals surface area contributed by atoms with Gasteiger partial charge in [-0.3, -0.25) is 9.89 Å². The summed E-state index contributed by atoms with van der Waals surface area (Å²) in [4.78, 5) is 12.3. The molecule has 0 bridgehead atoms. The predicted molar refractivity (Wildman–Crippen MR) is 75.3 cm³/mol. The first-order valence-electron chi connectivity index (χ1n) is 6.80. The van der Waals surface area contributed by atoms with Crippen LogP contribution in [0.2, 0.25) is 0 Å². The van der Waals surface area contributed by atoms with Gasteiger partial charge in [0.05, 0.1) is 17.5 Å². The van der Waals surface area contributed by atoms with Crippen molar-refractivity contribution in [2.45, 2.75) is 46.1 Å². The highest BCUT2D eigenvalue weighted by atomic mass is 32.2. The minimum atomic E-state index is -2.97. The second-order valence-corrected chi connectivity index (χ2v) is 8.11. The zero-order valence-electron chi connectivity index (χ0n) is 11.8. The number of hydrogen-bond donors (Lipinski definition) is 1. The Morgan fingerprint density at radius 3 is 2.63 bits per heavy atom. The topological polar surface area (TPSA) is 71.9 Å². The minimum absolute atomic E-state index is 0.0414. The first-order valence-corrected chi connectivity index (χ1v) is 8.62. The fourth-order valence-corrected chi connectivity index (χ4v) is 4.27. The van der Waals surface area contributed by atoms with Crippen LogP contribution in [-0.4, -0.2) is 29.7 Å². The molecule has 1 aliphatic heterocycles. The van der Waals surface area contributed by atoms with Gasteiger partial charge in [-0.2, -0.15) is 0 Å². The number of H-pyrrole nitrogens is 1. The summed E-state index contributed by atoms with van der Waals surface area (Å²) < 4.78 is 24.5. The summed E-state index contributed by atoms with van der Waals surface area (Å²) >= 11 is 0. The summed E-state index contributed by atoms with van der Waals surface area (Å²) in [7, 11) is -2.97. The molecular formula is C13H22N2O3S. The molecule has 1 aromatic heterocycles. The van der Waals surface area contributed by atoms with Crippen LogP contribution < -0.4 is 5.56 Å². The van der Waals surface area contributed by atoms with Crippen molar-refractivity contribution in [2.75, 3.05) is 11.5 Å². The monoisotopic (exact) mass is 286 g/mol. The molecule has 0 spiro atoms. The lowest BCUT2D eigenvalue weighted by molar-refractivity contribution is 0.482. The van der Waals surface area contributed by atoms with Crippen LogP contribution in [0.25, 0.3) is 0 Å². The third-order valence-corrected chi connectivity index (χ3v) is 5.51. The molecule has 5 nitrogen and oxygen atoms in total. The smallest absolute Gasteiger partial charge is 0.270 e. The van der Waals surface area contributed by atoms with Crippen LogP contribution in [-0.2, 0) is 16.3 Å². The van der Waals surface area contributed by atoms with Crippen molar-refractivity contribution >= 4 is 9.84 Å². The summed E-state index contributed by atoms with van der Waals surface area (Å²) in [5, 5.41) is 3.06. The second kappa shape index (κ2) is 5.15. The van der Waals surface area contributed by atoms with E-state index in [-0.39, 0.29) is 23.1 Å². The summed E-state index contributed by atoms with van der Waals surface area (Å²) in [5.41, 5.74) is 1.63. The average molecular weight is 286 g/mol. The summed E-state index contributed by atoms with van der Waals surface area (Å²) in [5.74, 6) is 0.814. The Labute approximate surface area is 113 Å². The Kier molecular flexibility index (Phi) is 3.90. The first-order chi connectivity index (χ1) is 8.80. The molecule has 0 radical (unpaired) electrons. The SMILES string of the molecule is Cc1[nH]n([C@H]2CCS(=O)(=O)C2)c(=O)c1CCC(C)C. The highest BCUT2D eigenvalue weighted by Gasteiger charge is 2.31. The number of rotatable bonds is 4. The van der Waals surface area contributed by atoms with Crippen LogP contribution >= 0.6 is 0 Å². The number of nitrogens with one attached hydrogen (secondary N) is 1. The van der Waals surface area contributed by atoms with E-state index in [4.69, 9.17) is 0 Å². The van der Waals surface area contributed by atoms with Crippen LogP contribution in [0.1, 0.15) is 44.0 Å². The molecule has 0 amide bonds. The number of aromatic nitrogens is 2. The molecule has 19 heavy (non-hydrogen) atoms. The highest BCUT2D eigenvalue weighted by Crippen LogP contribution is 2.22. The Balaban J connectivity index is 2.24. The van der Waals surface area contributed by atoms with Gasteiger partial charge in [0.1, 0.15) is 0 Å². The molecule has 0 aliphatic carbocycles. The number of aromatic amines is 1. The van der Waals surface area contributed by atoms with Gasteiger partial charge in [0.15, 0.2) is 9.84 Å². The zero-order chi connectivity index (χ0) is 14.2. The van der Waals surface area contributed by atoms with Crippen LogP contribution in [0.4, 0.5) is 0 Å². The third kappa shape index (κ3) is 3.11. The van der Waals surface area contributed by atoms with Gasteiger partial charge in [0.2, 0.25) is 0 Å². The lowest BCUT2D eigenvalue weighted by Gasteiger charge is -2.07. The molecule has 1 aliphatic rings. The quantitative estimate of drug-likeness (QED) is 0.910. The predicted octanol–water partition coefficient (Wildman–Crippen LogP) is 1.43. The van der Waals surface area contributed by atoms with E-state index >= 15 is 0 Å². The molecule has 0 saturated carbocycles. The van der Waals surface area contributed by atoms with Crippen molar-refractivity contribution in [2.24, 2.45) is 5.92 Å². The molecule has 2 heterocycles. The van der Waals surface area contributed by atoms with E-state index in [0.717, 1.165) is 24.1 Å². The normalized spacial score (nSPS) is 22.2. The van der Waals surface area contributed by atoms with Gasteiger partial charge in [0, 0.05) is 11.3 Å². The van der Waals surface area contributed by atoms with Gasteiger partial charge < -0.3 is 0 Å². The lowest BCUT2D eigenvalue weighted by atomic mass is 10.0. The summed E-state index contributed by atoms with van der Waals surface area (Å²) in [6.45, 7) is 6.14. The van der Waals surface area contributed by atoms with Crippen molar-refractivity contribution < 1.29 is 8.42 Å². The van der Waals surface area contributed by atoms with E-state index in [0.29, 0.717) is 12.3 Å². The number of nitrogens with zero attached hydrogens (tertiary/aromatic N) is 1. The van der Waals surface area contributed by atoms with E-state index in [1.54, 1.807) is 0 Å². The Morgan fingerprint density at radius 1 is 1.42 bits per heavy atom.